The van der Waals surface area contributed by atoms with Crippen molar-refractivity contribution < 1.29 is 4.42 Å². The lowest BCUT2D eigenvalue weighted by Crippen LogP contribution is -1.96. The Hall–Kier alpha value is -5.81. The van der Waals surface area contributed by atoms with Gasteiger partial charge in [-0.15, -0.1) is 0 Å². The third-order valence-corrected chi connectivity index (χ3v) is 8.65. The molecule has 0 spiro atoms. The van der Waals surface area contributed by atoms with E-state index in [0.29, 0.717) is 0 Å². The second-order valence-electron chi connectivity index (χ2n) is 10.8. The van der Waals surface area contributed by atoms with Crippen molar-refractivity contribution >= 4 is 71.6 Å². The van der Waals surface area contributed by atoms with Crippen molar-refractivity contribution in [1.29, 1.82) is 0 Å². The van der Waals surface area contributed by atoms with Crippen molar-refractivity contribution in [3.8, 4) is 11.4 Å². The molecule has 0 aliphatic rings. The highest BCUT2D eigenvalue weighted by Gasteiger charge is 2.22. The molecule has 5 heteroatoms. The summed E-state index contributed by atoms with van der Waals surface area (Å²) in [6.45, 7) is 0. The maximum absolute atomic E-state index is 6.77. The molecule has 4 aromatic heterocycles. The van der Waals surface area contributed by atoms with Gasteiger partial charge in [0.05, 0.1) is 49.9 Å². The van der Waals surface area contributed by atoms with Crippen molar-refractivity contribution in [3.05, 3.63) is 133 Å². The number of furan rings is 1. The van der Waals surface area contributed by atoms with Crippen LogP contribution < -0.4 is 0 Å². The van der Waals surface area contributed by atoms with Crippen molar-refractivity contribution in [2.75, 3.05) is 0 Å². The van der Waals surface area contributed by atoms with Gasteiger partial charge in [-0.25, -0.2) is 4.98 Å². The van der Waals surface area contributed by atoms with Crippen LogP contribution in [-0.4, -0.2) is 18.5 Å². The summed E-state index contributed by atoms with van der Waals surface area (Å²) in [7, 11) is 0. The van der Waals surface area contributed by atoms with E-state index in [0.717, 1.165) is 72.2 Å². The fourth-order valence-electron chi connectivity index (χ4n) is 6.95. The third-order valence-electron chi connectivity index (χ3n) is 8.65. The molecule has 6 aromatic carbocycles. The van der Waals surface area contributed by atoms with Gasteiger partial charge in [-0.2, -0.15) is 0 Å². The van der Waals surface area contributed by atoms with Gasteiger partial charge < -0.3 is 8.98 Å². The maximum Gasteiger partial charge on any atom is 0.220 e. The molecular weight excluding hydrogens is 516 g/mol. The van der Waals surface area contributed by atoms with Crippen LogP contribution in [0, 0.1) is 0 Å². The molecule has 0 saturated carbocycles. The molecular formula is C37H22N4O. The molecule has 0 aliphatic heterocycles. The van der Waals surface area contributed by atoms with Gasteiger partial charge in [0.1, 0.15) is 5.58 Å². The van der Waals surface area contributed by atoms with Crippen molar-refractivity contribution in [2.45, 2.75) is 0 Å². The summed E-state index contributed by atoms with van der Waals surface area (Å²) in [5, 5.41) is 4.61. The highest BCUT2D eigenvalue weighted by atomic mass is 16.3. The number of benzene rings is 6. The fraction of sp³-hybridized carbons (Fsp3) is 0. The molecule has 0 saturated heterocycles. The van der Waals surface area contributed by atoms with Crippen molar-refractivity contribution in [3.63, 3.8) is 0 Å². The SMILES string of the molecule is c1ccc2c(c1)nc1n(-c3cccc4oc5c(-n6c7ccccc7c7ccccc76)cccc5c34)c3ccccc3n21. The number of aromatic nitrogens is 4. The van der Waals surface area contributed by atoms with Crippen LogP contribution in [0.25, 0.3) is 83.0 Å². The number of para-hydroxylation sites is 7. The number of fused-ring (bicyclic) bond motifs is 11. The lowest BCUT2D eigenvalue weighted by atomic mass is 10.1. The monoisotopic (exact) mass is 538 g/mol. The van der Waals surface area contributed by atoms with Gasteiger partial charge in [0, 0.05) is 16.2 Å². The Morgan fingerprint density at radius 2 is 1.05 bits per heavy atom. The minimum atomic E-state index is 0.850. The van der Waals surface area contributed by atoms with Crippen LogP contribution >= 0.6 is 0 Å². The average Bonchev–Trinajstić information content (AvgIpc) is 3.78. The Morgan fingerprint density at radius 1 is 0.452 bits per heavy atom. The summed E-state index contributed by atoms with van der Waals surface area (Å²) in [6, 6.07) is 46.8. The van der Waals surface area contributed by atoms with Gasteiger partial charge in [-0.05, 0) is 54.6 Å². The molecule has 10 aromatic rings. The second-order valence-corrected chi connectivity index (χ2v) is 10.8. The number of nitrogens with zero attached hydrogens (tertiary/aromatic N) is 4. The summed E-state index contributed by atoms with van der Waals surface area (Å²) in [5.74, 6) is 0.887. The molecule has 5 nitrogen and oxygen atoms in total. The van der Waals surface area contributed by atoms with E-state index in [-0.39, 0.29) is 0 Å². The first-order chi connectivity index (χ1) is 20.9. The van der Waals surface area contributed by atoms with Crippen molar-refractivity contribution in [1.82, 2.24) is 18.5 Å². The average molecular weight is 539 g/mol. The minimum Gasteiger partial charge on any atom is -0.454 e. The number of rotatable bonds is 2. The summed E-state index contributed by atoms with van der Waals surface area (Å²) in [6.07, 6.45) is 0. The van der Waals surface area contributed by atoms with Crippen LogP contribution in [0.15, 0.2) is 138 Å². The minimum absolute atomic E-state index is 0.850. The molecule has 0 fully saturated rings. The molecule has 0 unspecified atom stereocenters. The van der Waals surface area contributed by atoms with Gasteiger partial charge >= 0.3 is 0 Å². The lowest BCUT2D eigenvalue weighted by molar-refractivity contribution is 0.666. The third kappa shape index (κ3) is 2.70. The number of imidazole rings is 2. The number of hydrogen-bond acceptors (Lipinski definition) is 2. The quantitative estimate of drug-likeness (QED) is 0.220. The zero-order valence-electron chi connectivity index (χ0n) is 22.4. The molecule has 4 heterocycles. The molecule has 42 heavy (non-hydrogen) atoms. The summed E-state index contributed by atoms with van der Waals surface area (Å²) < 4.78 is 13.6. The Bertz CT molecular complexity index is 2650. The molecule has 0 amide bonds. The van der Waals surface area contributed by atoms with Crippen LogP contribution in [0.1, 0.15) is 0 Å². The molecule has 0 aliphatic carbocycles. The zero-order chi connectivity index (χ0) is 27.4. The van der Waals surface area contributed by atoms with E-state index < -0.39 is 0 Å². The van der Waals surface area contributed by atoms with E-state index in [1.54, 1.807) is 0 Å². The Morgan fingerprint density at radius 3 is 1.83 bits per heavy atom. The fourth-order valence-corrected chi connectivity index (χ4v) is 6.95. The topological polar surface area (TPSA) is 40.3 Å². The summed E-state index contributed by atoms with van der Waals surface area (Å²) >= 11 is 0. The van der Waals surface area contributed by atoms with Crippen LogP contribution in [0.5, 0.6) is 0 Å². The first-order valence-corrected chi connectivity index (χ1v) is 14.2. The maximum atomic E-state index is 6.77. The second kappa shape index (κ2) is 7.89. The Balaban J connectivity index is 1.34. The molecule has 10 rings (SSSR count). The zero-order valence-corrected chi connectivity index (χ0v) is 22.4. The van der Waals surface area contributed by atoms with Crippen molar-refractivity contribution in [2.24, 2.45) is 0 Å². The standard InChI is InChI=1S/C37H22N4O/c1-4-15-27-23(11-1)24-12-2-5-16-28(24)39(27)33-21-9-13-25-35-32(20-10-22-34(35)42-36(25)33)41-31-19-8-7-18-30(31)40-29-17-6-3-14-26(29)38-37(40)41/h1-22H. The van der Waals surface area contributed by atoms with Gasteiger partial charge in [0.2, 0.25) is 5.78 Å². The van der Waals surface area contributed by atoms with Gasteiger partial charge in [-0.1, -0.05) is 78.9 Å². The van der Waals surface area contributed by atoms with Gasteiger partial charge in [0.25, 0.3) is 0 Å². The molecule has 196 valence electrons. The molecule has 0 bridgehead atoms. The highest BCUT2D eigenvalue weighted by Crippen LogP contribution is 2.41. The smallest absolute Gasteiger partial charge is 0.220 e. The predicted octanol–water partition coefficient (Wildman–Crippen LogP) is 9.43. The van der Waals surface area contributed by atoms with E-state index in [1.807, 2.05) is 6.07 Å². The molecule has 0 atom stereocenters. The largest absolute Gasteiger partial charge is 0.454 e. The van der Waals surface area contributed by atoms with Crippen LogP contribution in [0.4, 0.5) is 0 Å². The molecule has 0 radical (unpaired) electrons. The normalized spacial score (nSPS) is 12.3. The predicted molar refractivity (Wildman–Crippen MR) is 171 cm³/mol. The summed E-state index contributed by atoms with van der Waals surface area (Å²) in [5.41, 5.74) is 10.4. The Labute approximate surface area is 239 Å². The van der Waals surface area contributed by atoms with E-state index in [4.69, 9.17) is 9.40 Å². The van der Waals surface area contributed by atoms with Crippen LogP contribution in [0.2, 0.25) is 0 Å². The lowest BCUT2D eigenvalue weighted by Gasteiger charge is -2.09. The van der Waals surface area contributed by atoms with E-state index in [1.165, 1.54) is 10.8 Å². The van der Waals surface area contributed by atoms with E-state index in [9.17, 15) is 0 Å². The molecule has 0 N–H and O–H groups in total. The van der Waals surface area contributed by atoms with Crippen LogP contribution in [-0.2, 0) is 0 Å². The first kappa shape index (κ1) is 21.9. The number of hydrogen-bond donors (Lipinski definition) is 0. The summed E-state index contributed by atoms with van der Waals surface area (Å²) in [4.78, 5) is 5.12. The van der Waals surface area contributed by atoms with E-state index in [2.05, 4.69) is 141 Å². The van der Waals surface area contributed by atoms with Gasteiger partial charge in [-0.3, -0.25) is 8.97 Å². The Kier molecular flexibility index (Phi) is 4.12. The van der Waals surface area contributed by atoms with Crippen LogP contribution in [0.3, 0.4) is 0 Å². The van der Waals surface area contributed by atoms with E-state index >= 15 is 0 Å². The highest BCUT2D eigenvalue weighted by molar-refractivity contribution is 6.15. The first-order valence-electron chi connectivity index (χ1n) is 14.2. The van der Waals surface area contributed by atoms with Gasteiger partial charge in [0.15, 0.2) is 5.58 Å².